The van der Waals surface area contributed by atoms with Gasteiger partial charge in [-0.1, -0.05) is 0 Å². The smallest absolute Gasteiger partial charge is 0.306 e. The van der Waals surface area contributed by atoms with Gasteiger partial charge < -0.3 is 20.1 Å². The molecule has 0 saturated carbocycles. The van der Waals surface area contributed by atoms with Crippen LogP contribution in [0.2, 0.25) is 0 Å². The van der Waals surface area contributed by atoms with Gasteiger partial charge in [-0.25, -0.2) is 18.4 Å². The number of carbonyl (C=O) groups is 2. The number of carbonyl (C=O) groups excluding carboxylic acids is 2. The number of hydrogen-bond acceptors (Lipinski definition) is 9. The minimum absolute atomic E-state index is 0.00268. The van der Waals surface area contributed by atoms with E-state index in [2.05, 4.69) is 30.1 Å². The summed E-state index contributed by atoms with van der Waals surface area (Å²) in [4.78, 5) is 30.5. The number of anilines is 2. The first kappa shape index (κ1) is 23.0. The Morgan fingerprint density at radius 3 is 2.37 bits per heavy atom. The molecule has 2 aromatic rings. The first-order valence-electron chi connectivity index (χ1n) is 8.40. The molecule has 0 fully saturated rings. The molecule has 0 bridgehead atoms. The largest absolute Gasteiger partial charge is 0.478 e. The monoisotopic (exact) mass is 453 g/mol. The Bertz CT molecular complexity index is 1030. The van der Waals surface area contributed by atoms with Crippen molar-refractivity contribution in [3.8, 4) is 5.88 Å². The highest BCUT2D eigenvalue weighted by Gasteiger charge is 2.18. The van der Waals surface area contributed by atoms with Crippen LogP contribution in [0.25, 0.3) is 0 Å². The second kappa shape index (κ2) is 10.5. The van der Waals surface area contributed by atoms with Gasteiger partial charge in [0.1, 0.15) is 0 Å². The van der Waals surface area contributed by atoms with Crippen LogP contribution >= 0.6 is 12.2 Å². The maximum atomic E-state index is 12.5. The lowest BCUT2D eigenvalue weighted by Crippen LogP contribution is -2.34. The molecule has 11 nitrogen and oxygen atoms in total. The van der Waals surface area contributed by atoms with Gasteiger partial charge in [-0.05, 0) is 36.5 Å². The maximum absolute atomic E-state index is 12.5. The molecule has 13 heteroatoms. The summed E-state index contributed by atoms with van der Waals surface area (Å²) in [5, 5.41) is 5.16. The first-order chi connectivity index (χ1) is 14.2. The van der Waals surface area contributed by atoms with Crippen LogP contribution in [0.4, 0.5) is 11.5 Å². The summed E-state index contributed by atoms with van der Waals surface area (Å²) in [6, 6.07) is 5.62. The zero-order valence-electron chi connectivity index (χ0n) is 16.0. The van der Waals surface area contributed by atoms with Crippen molar-refractivity contribution in [2.24, 2.45) is 0 Å². The standard InChI is InChI=1S/C17H19N5O6S2/c1-27-14(24)8-7-13(23)21-17(29)20-11-3-5-12(6-4-11)30(25,26)22-15-16(28-2)19-10-9-18-15/h3-6,9-10H,7-8H2,1-2H3,(H,18,22)(H2,20,21,23,29). The SMILES string of the molecule is COC(=O)CCC(=O)NC(=S)Nc1ccc(S(=O)(=O)Nc2nccnc2OC)cc1. The zero-order valence-corrected chi connectivity index (χ0v) is 17.7. The van der Waals surface area contributed by atoms with E-state index >= 15 is 0 Å². The molecule has 1 heterocycles. The van der Waals surface area contributed by atoms with Crippen molar-refractivity contribution >= 4 is 50.7 Å². The van der Waals surface area contributed by atoms with Crippen LogP contribution in [-0.2, 0) is 24.3 Å². The summed E-state index contributed by atoms with van der Waals surface area (Å²) in [6.45, 7) is 0. The second-order valence-electron chi connectivity index (χ2n) is 5.62. The molecule has 0 spiro atoms. The van der Waals surface area contributed by atoms with Crippen LogP contribution in [0.5, 0.6) is 5.88 Å². The quantitative estimate of drug-likeness (QED) is 0.391. The van der Waals surface area contributed by atoms with E-state index in [1.807, 2.05) is 0 Å². The van der Waals surface area contributed by atoms with E-state index in [1.165, 1.54) is 50.9 Å². The van der Waals surface area contributed by atoms with Gasteiger partial charge in [0.15, 0.2) is 5.11 Å². The van der Waals surface area contributed by atoms with Crippen molar-refractivity contribution in [3.63, 3.8) is 0 Å². The number of amides is 1. The Hall–Kier alpha value is -3.32. The van der Waals surface area contributed by atoms with Gasteiger partial charge in [0.2, 0.25) is 11.7 Å². The van der Waals surface area contributed by atoms with Gasteiger partial charge in [-0.15, -0.1) is 0 Å². The topological polar surface area (TPSA) is 149 Å². The fourth-order valence-electron chi connectivity index (χ4n) is 2.12. The summed E-state index contributed by atoms with van der Waals surface area (Å²) in [7, 11) is -1.36. The first-order valence-corrected chi connectivity index (χ1v) is 10.3. The number of methoxy groups -OCH3 is 2. The molecular formula is C17H19N5O6S2. The van der Waals surface area contributed by atoms with Crippen molar-refractivity contribution < 1.29 is 27.5 Å². The van der Waals surface area contributed by atoms with E-state index in [-0.39, 0.29) is 34.5 Å². The number of thiocarbonyl (C=S) groups is 1. The molecule has 0 unspecified atom stereocenters. The normalized spacial score (nSPS) is 10.6. The lowest BCUT2D eigenvalue weighted by Gasteiger charge is -2.11. The van der Waals surface area contributed by atoms with E-state index in [4.69, 9.17) is 17.0 Å². The number of nitrogens with zero attached hydrogens (tertiary/aromatic N) is 2. The van der Waals surface area contributed by atoms with Crippen molar-refractivity contribution in [2.75, 3.05) is 24.3 Å². The van der Waals surface area contributed by atoms with E-state index in [1.54, 1.807) is 0 Å². The van der Waals surface area contributed by atoms with Crippen LogP contribution in [0.1, 0.15) is 12.8 Å². The number of benzene rings is 1. The zero-order chi connectivity index (χ0) is 22.1. The van der Waals surface area contributed by atoms with Gasteiger partial charge in [-0.3, -0.25) is 14.3 Å². The average Bonchev–Trinajstić information content (AvgIpc) is 2.72. The van der Waals surface area contributed by atoms with Crippen LogP contribution < -0.4 is 20.1 Å². The fraction of sp³-hybridized carbons (Fsp3) is 0.235. The highest BCUT2D eigenvalue weighted by atomic mass is 32.2. The summed E-state index contributed by atoms with van der Waals surface area (Å²) in [5.41, 5.74) is 0.448. The molecule has 0 saturated heterocycles. The molecule has 0 aliphatic heterocycles. The van der Waals surface area contributed by atoms with Crippen molar-refractivity contribution in [1.82, 2.24) is 15.3 Å². The number of ether oxygens (including phenoxy) is 2. The number of hydrogen-bond donors (Lipinski definition) is 3. The molecule has 1 aromatic carbocycles. The Labute approximate surface area is 178 Å². The number of rotatable bonds is 8. The second-order valence-corrected chi connectivity index (χ2v) is 7.71. The molecule has 0 aliphatic carbocycles. The molecule has 1 amide bonds. The maximum Gasteiger partial charge on any atom is 0.306 e. The number of sulfonamides is 1. The highest BCUT2D eigenvalue weighted by Crippen LogP contribution is 2.22. The summed E-state index contributed by atoms with van der Waals surface area (Å²) in [6.07, 6.45) is 2.55. The van der Waals surface area contributed by atoms with Crippen LogP contribution in [0, 0.1) is 0 Å². The number of nitrogens with one attached hydrogen (secondary N) is 3. The van der Waals surface area contributed by atoms with Gasteiger partial charge in [0.05, 0.1) is 25.5 Å². The molecule has 30 heavy (non-hydrogen) atoms. The predicted molar refractivity (Wildman–Crippen MR) is 111 cm³/mol. The Morgan fingerprint density at radius 2 is 1.73 bits per heavy atom. The lowest BCUT2D eigenvalue weighted by atomic mass is 10.3. The Balaban J connectivity index is 1.97. The number of esters is 1. The van der Waals surface area contributed by atoms with E-state index in [0.29, 0.717) is 5.69 Å². The Morgan fingerprint density at radius 1 is 1.07 bits per heavy atom. The predicted octanol–water partition coefficient (Wildman–Crippen LogP) is 1.05. The minimum atomic E-state index is -3.93. The molecule has 0 aliphatic rings. The van der Waals surface area contributed by atoms with Crippen molar-refractivity contribution in [2.45, 2.75) is 17.7 Å². The molecule has 2 rings (SSSR count). The van der Waals surface area contributed by atoms with E-state index in [0.717, 1.165) is 0 Å². The summed E-state index contributed by atoms with van der Waals surface area (Å²) in [5.74, 6) is -0.974. The summed E-state index contributed by atoms with van der Waals surface area (Å²) < 4.78 is 36.8. The number of aromatic nitrogens is 2. The third kappa shape index (κ3) is 6.63. The van der Waals surface area contributed by atoms with Gasteiger partial charge in [-0.2, -0.15) is 0 Å². The van der Waals surface area contributed by atoms with Crippen molar-refractivity contribution in [3.05, 3.63) is 36.7 Å². The minimum Gasteiger partial charge on any atom is -0.478 e. The molecule has 0 atom stereocenters. The van der Waals surface area contributed by atoms with Crippen LogP contribution in [-0.4, -0.2) is 49.6 Å². The fourth-order valence-corrected chi connectivity index (χ4v) is 3.36. The lowest BCUT2D eigenvalue weighted by molar-refractivity contribution is -0.142. The van der Waals surface area contributed by atoms with Gasteiger partial charge in [0.25, 0.3) is 15.9 Å². The third-order valence-corrected chi connectivity index (χ3v) is 5.11. The van der Waals surface area contributed by atoms with Gasteiger partial charge >= 0.3 is 5.97 Å². The van der Waals surface area contributed by atoms with Crippen LogP contribution in [0.3, 0.4) is 0 Å². The molecule has 1 aromatic heterocycles. The Kier molecular flexibility index (Phi) is 8.00. The van der Waals surface area contributed by atoms with E-state index < -0.39 is 21.9 Å². The third-order valence-electron chi connectivity index (χ3n) is 3.55. The molecular weight excluding hydrogens is 434 g/mol. The molecule has 160 valence electrons. The molecule has 3 N–H and O–H groups in total. The van der Waals surface area contributed by atoms with Gasteiger partial charge in [0, 0.05) is 24.5 Å². The highest BCUT2D eigenvalue weighted by molar-refractivity contribution is 7.92. The van der Waals surface area contributed by atoms with E-state index in [9.17, 15) is 18.0 Å². The van der Waals surface area contributed by atoms with Crippen LogP contribution in [0.15, 0.2) is 41.6 Å². The van der Waals surface area contributed by atoms with Crippen molar-refractivity contribution in [1.29, 1.82) is 0 Å². The summed E-state index contributed by atoms with van der Waals surface area (Å²) >= 11 is 5.02. The molecule has 0 radical (unpaired) electrons. The average molecular weight is 454 g/mol.